The van der Waals surface area contributed by atoms with Crippen molar-refractivity contribution in [2.75, 3.05) is 0 Å². The maximum Gasteiger partial charge on any atom is 0.138 e. The highest BCUT2D eigenvalue weighted by Gasteiger charge is 2.10. The van der Waals surface area contributed by atoms with Crippen molar-refractivity contribution < 1.29 is 0 Å². The molecule has 21 heavy (non-hydrogen) atoms. The highest BCUT2D eigenvalue weighted by molar-refractivity contribution is 4.88. The van der Waals surface area contributed by atoms with Gasteiger partial charge in [-0.05, 0) is 6.42 Å². The second kappa shape index (κ2) is 11.7. The zero-order chi connectivity index (χ0) is 15.3. The Balaban J connectivity index is 2.01. The zero-order valence-corrected chi connectivity index (χ0v) is 13.9. The van der Waals surface area contributed by atoms with E-state index in [1.165, 1.54) is 57.8 Å². The lowest BCUT2D eigenvalue weighted by molar-refractivity contribution is 0.445. The Morgan fingerprint density at radius 2 is 1.71 bits per heavy atom. The minimum Gasteiger partial charge on any atom is -0.271 e. The average Bonchev–Trinajstić information content (AvgIpc) is 2.89. The van der Waals surface area contributed by atoms with E-state index in [1.54, 1.807) is 6.33 Å². The zero-order valence-electron chi connectivity index (χ0n) is 13.9. The van der Waals surface area contributed by atoms with Crippen LogP contribution in [0, 0.1) is 0 Å². The van der Waals surface area contributed by atoms with Crippen LogP contribution in [0.2, 0.25) is 0 Å². The van der Waals surface area contributed by atoms with E-state index in [4.69, 9.17) is 5.84 Å². The molecule has 0 spiro atoms. The number of hydrazine groups is 1. The number of hydrogen-bond donors (Lipinski definition) is 2. The summed E-state index contributed by atoms with van der Waals surface area (Å²) in [4.78, 5) is 4.25. The molecule has 1 aromatic heterocycles. The molecule has 3 N–H and O–H groups in total. The monoisotopic (exact) mass is 295 g/mol. The minimum absolute atomic E-state index is 0.303. The first-order valence-corrected chi connectivity index (χ1v) is 8.57. The molecule has 0 saturated heterocycles. The van der Waals surface area contributed by atoms with Crippen LogP contribution in [0.4, 0.5) is 0 Å². The maximum absolute atomic E-state index is 5.64. The van der Waals surface area contributed by atoms with Crippen LogP contribution in [0.3, 0.4) is 0 Å². The van der Waals surface area contributed by atoms with Gasteiger partial charge in [0, 0.05) is 19.5 Å². The third-order valence-corrected chi connectivity index (χ3v) is 4.13. The number of unbranched alkanes of at least 4 members (excludes halogenated alkanes) is 8. The lowest BCUT2D eigenvalue weighted by Crippen LogP contribution is -2.37. The van der Waals surface area contributed by atoms with Crippen LogP contribution in [0.1, 0.15) is 77.0 Å². The summed E-state index contributed by atoms with van der Waals surface area (Å²) >= 11 is 0. The molecule has 122 valence electrons. The van der Waals surface area contributed by atoms with Crippen LogP contribution < -0.4 is 11.3 Å². The molecule has 0 saturated carbocycles. The molecule has 1 heterocycles. The number of aryl methyl sites for hydroxylation is 1. The first-order valence-electron chi connectivity index (χ1n) is 8.57. The Labute approximate surface area is 129 Å². The molecular formula is C16H33N5. The van der Waals surface area contributed by atoms with E-state index >= 15 is 0 Å². The van der Waals surface area contributed by atoms with Gasteiger partial charge >= 0.3 is 0 Å². The van der Waals surface area contributed by atoms with Crippen LogP contribution in [-0.4, -0.2) is 20.8 Å². The fourth-order valence-electron chi connectivity index (χ4n) is 2.67. The van der Waals surface area contributed by atoms with Crippen LogP contribution in [0.25, 0.3) is 0 Å². The Bertz CT molecular complexity index is 350. The van der Waals surface area contributed by atoms with E-state index < -0.39 is 0 Å². The minimum atomic E-state index is 0.303. The topological polar surface area (TPSA) is 68.8 Å². The first kappa shape index (κ1) is 18.1. The van der Waals surface area contributed by atoms with Crippen molar-refractivity contribution in [3.05, 3.63) is 12.2 Å². The van der Waals surface area contributed by atoms with Gasteiger partial charge in [0.15, 0.2) is 0 Å². The molecule has 5 nitrogen and oxygen atoms in total. The summed E-state index contributed by atoms with van der Waals surface area (Å²) in [5.74, 6) is 6.64. The second-order valence-electron chi connectivity index (χ2n) is 5.98. The van der Waals surface area contributed by atoms with Gasteiger partial charge in [0.1, 0.15) is 12.2 Å². The summed E-state index contributed by atoms with van der Waals surface area (Å²) < 4.78 is 1.82. The van der Waals surface area contributed by atoms with Crippen molar-refractivity contribution in [2.24, 2.45) is 12.9 Å². The number of rotatable bonds is 13. The van der Waals surface area contributed by atoms with E-state index in [0.29, 0.717) is 6.04 Å². The van der Waals surface area contributed by atoms with Crippen molar-refractivity contribution in [1.82, 2.24) is 20.2 Å². The first-order chi connectivity index (χ1) is 10.3. The third-order valence-electron chi connectivity index (χ3n) is 4.13. The van der Waals surface area contributed by atoms with E-state index in [-0.39, 0.29) is 0 Å². The Morgan fingerprint density at radius 3 is 2.24 bits per heavy atom. The molecule has 1 aromatic rings. The molecule has 0 fully saturated rings. The number of nitrogens with zero attached hydrogens (tertiary/aromatic N) is 3. The van der Waals surface area contributed by atoms with Gasteiger partial charge in [-0.2, -0.15) is 5.10 Å². The molecule has 0 aliphatic rings. The third kappa shape index (κ3) is 8.17. The maximum atomic E-state index is 5.64. The predicted molar refractivity (Wildman–Crippen MR) is 87.7 cm³/mol. The van der Waals surface area contributed by atoms with E-state index in [9.17, 15) is 0 Å². The molecule has 0 radical (unpaired) electrons. The van der Waals surface area contributed by atoms with Crippen molar-refractivity contribution in [1.29, 1.82) is 0 Å². The van der Waals surface area contributed by atoms with Crippen LogP contribution in [-0.2, 0) is 13.5 Å². The standard InChI is InChI=1S/C16H33N5/c1-3-4-5-6-7-8-9-10-11-12-15(20-17)13-16-18-14-19-21(16)2/h14-15,20H,3-13,17H2,1-2H3. The lowest BCUT2D eigenvalue weighted by Gasteiger charge is -2.15. The van der Waals surface area contributed by atoms with Gasteiger partial charge in [0.25, 0.3) is 0 Å². The van der Waals surface area contributed by atoms with Gasteiger partial charge < -0.3 is 0 Å². The Morgan fingerprint density at radius 1 is 1.10 bits per heavy atom. The van der Waals surface area contributed by atoms with E-state index in [0.717, 1.165) is 18.7 Å². The van der Waals surface area contributed by atoms with Crippen LogP contribution in [0.5, 0.6) is 0 Å². The molecule has 0 aliphatic carbocycles. The lowest BCUT2D eigenvalue weighted by atomic mass is 10.0. The molecule has 1 atom stereocenters. The quantitative estimate of drug-likeness (QED) is 0.333. The van der Waals surface area contributed by atoms with Crippen LogP contribution >= 0.6 is 0 Å². The van der Waals surface area contributed by atoms with Gasteiger partial charge in [-0.3, -0.25) is 16.0 Å². The van der Waals surface area contributed by atoms with Crippen molar-refractivity contribution >= 4 is 0 Å². The second-order valence-corrected chi connectivity index (χ2v) is 5.98. The molecule has 0 aliphatic heterocycles. The average molecular weight is 295 g/mol. The SMILES string of the molecule is CCCCCCCCCCCC(Cc1ncnn1C)NN. The molecular weight excluding hydrogens is 262 g/mol. The number of nitrogens with one attached hydrogen (secondary N) is 1. The molecule has 0 bridgehead atoms. The molecule has 5 heteroatoms. The van der Waals surface area contributed by atoms with Crippen molar-refractivity contribution in [3.8, 4) is 0 Å². The van der Waals surface area contributed by atoms with Gasteiger partial charge in [-0.15, -0.1) is 0 Å². The summed E-state index contributed by atoms with van der Waals surface area (Å²) in [7, 11) is 1.93. The fraction of sp³-hybridized carbons (Fsp3) is 0.875. The molecule has 0 amide bonds. The summed E-state index contributed by atoms with van der Waals surface area (Å²) in [5.41, 5.74) is 2.91. The number of aromatic nitrogens is 3. The van der Waals surface area contributed by atoms with Gasteiger partial charge in [-0.25, -0.2) is 4.98 Å². The largest absolute Gasteiger partial charge is 0.271 e. The summed E-state index contributed by atoms with van der Waals surface area (Å²) in [6.45, 7) is 2.27. The van der Waals surface area contributed by atoms with Gasteiger partial charge in [0.05, 0.1) is 0 Å². The Hall–Kier alpha value is -0.940. The summed E-state index contributed by atoms with van der Waals surface area (Å²) in [6, 6.07) is 0.303. The normalized spacial score (nSPS) is 12.7. The van der Waals surface area contributed by atoms with Crippen molar-refractivity contribution in [2.45, 2.75) is 83.6 Å². The predicted octanol–water partition coefficient (Wildman–Crippen LogP) is 3.11. The number of nitrogens with two attached hydrogens (primary N) is 1. The number of hydrogen-bond acceptors (Lipinski definition) is 4. The van der Waals surface area contributed by atoms with Crippen LogP contribution in [0.15, 0.2) is 6.33 Å². The molecule has 1 unspecified atom stereocenters. The van der Waals surface area contributed by atoms with Crippen molar-refractivity contribution in [3.63, 3.8) is 0 Å². The van der Waals surface area contributed by atoms with E-state index in [2.05, 4.69) is 22.4 Å². The van der Waals surface area contributed by atoms with Gasteiger partial charge in [-0.1, -0.05) is 64.7 Å². The Kier molecular flexibility index (Phi) is 10.1. The summed E-state index contributed by atoms with van der Waals surface area (Å²) in [6.07, 6.45) is 15.8. The fourth-order valence-corrected chi connectivity index (χ4v) is 2.67. The van der Waals surface area contributed by atoms with E-state index in [1.807, 2.05) is 11.7 Å². The highest BCUT2D eigenvalue weighted by atomic mass is 15.3. The summed E-state index contributed by atoms with van der Waals surface area (Å²) in [5, 5.41) is 4.09. The highest BCUT2D eigenvalue weighted by Crippen LogP contribution is 2.12. The molecule has 1 rings (SSSR count). The molecule has 0 aromatic carbocycles. The van der Waals surface area contributed by atoms with Gasteiger partial charge in [0.2, 0.25) is 0 Å². The smallest absolute Gasteiger partial charge is 0.138 e.